The maximum absolute atomic E-state index is 3.40. The van der Waals surface area contributed by atoms with Crippen molar-refractivity contribution < 1.29 is 0 Å². The van der Waals surface area contributed by atoms with Gasteiger partial charge in [0, 0.05) is 25.2 Å². The Morgan fingerprint density at radius 1 is 0.938 bits per heavy atom. The molecule has 0 aromatic heterocycles. The van der Waals surface area contributed by atoms with Crippen LogP contribution in [-0.2, 0) is 6.54 Å². The lowest BCUT2D eigenvalue weighted by Gasteiger charge is -2.19. The summed E-state index contributed by atoms with van der Waals surface area (Å²) in [6.45, 7) is 1.86. The van der Waals surface area contributed by atoms with Gasteiger partial charge in [0.15, 0.2) is 0 Å². The van der Waals surface area contributed by atoms with Crippen LogP contribution in [0.15, 0.2) is 54.6 Å². The third-order valence-corrected chi connectivity index (χ3v) is 2.92. The quantitative estimate of drug-likeness (QED) is 0.731. The van der Waals surface area contributed by atoms with E-state index in [2.05, 4.69) is 65.9 Å². The van der Waals surface area contributed by atoms with E-state index in [1.165, 1.54) is 16.8 Å². The molecule has 2 aromatic rings. The first kappa shape index (κ1) is 9.46. The molecule has 1 nitrogen and oxygen atoms in total. The van der Waals surface area contributed by atoms with Gasteiger partial charge in [-0.2, -0.15) is 0 Å². The monoisotopic (exact) mass is 207 g/mol. The summed E-state index contributed by atoms with van der Waals surface area (Å²) >= 11 is 0. The average molecular weight is 207 g/mol. The maximum Gasteiger partial charge on any atom is 0.0429 e. The molecule has 1 aliphatic heterocycles. The Labute approximate surface area is 96.3 Å². The predicted molar refractivity (Wildman–Crippen MR) is 66.3 cm³/mol. The van der Waals surface area contributed by atoms with Crippen LogP contribution in [0.3, 0.4) is 0 Å². The molecule has 0 saturated carbocycles. The Morgan fingerprint density at radius 3 is 2.56 bits per heavy atom. The van der Waals surface area contributed by atoms with Crippen LogP contribution in [0.5, 0.6) is 0 Å². The number of nitrogens with zero attached hydrogens (tertiary/aromatic N) is 1. The molecular formula is C15H13N. The molecule has 0 N–H and O–H groups in total. The summed E-state index contributed by atoms with van der Waals surface area (Å²) in [4.78, 5) is 2.35. The molecule has 0 saturated heterocycles. The zero-order chi connectivity index (χ0) is 10.8. The summed E-state index contributed by atoms with van der Waals surface area (Å²) < 4.78 is 0. The minimum atomic E-state index is 0.897. The van der Waals surface area contributed by atoms with E-state index in [1.54, 1.807) is 0 Å². The molecule has 16 heavy (non-hydrogen) atoms. The van der Waals surface area contributed by atoms with Gasteiger partial charge in [0.05, 0.1) is 0 Å². The number of fused-ring (bicyclic) bond motifs is 1. The van der Waals surface area contributed by atoms with Gasteiger partial charge in [-0.05, 0) is 17.2 Å². The molecule has 0 atom stereocenters. The van der Waals surface area contributed by atoms with Crippen molar-refractivity contribution in [1.29, 1.82) is 0 Å². The molecule has 2 aromatic carbocycles. The van der Waals surface area contributed by atoms with Crippen molar-refractivity contribution >= 4 is 5.69 Å². The summed E-state index contributed by atoms with van der Waals surface area (Å²) in [7, 11) is 0. The second kappa shape index (κ2) is 4.01. The Kier molecular flexibility index (Phi) is 2.37. The first-order valence-corrected chi connectivity index (χ1v) is 5.55. The smallest absolute Gasteiger partial charge is 0.0429 e. The van der Waals surface area contributed by atoms with E-state index < -0.39 is 0 Å². The van der Waals surface area contributed by atoms with Crippen molar-refractivity contribution in [3.05, 3.63) is 72.1 Å². The summed E-state index contributed by atoms with van der Waals surface area (Å²) in [5.41, 5.74) is 3.88. The molecule has 1 aliphatic rings. The molecule has 2 radical (unpaired) electrons. The second-order valence-corrected chi connectivity index (χ2v) is 4.04. The van der Waals surface area contributed by atoms with Gasteiger partial charge in [-0.15, -0.1) is 0 Å². The minimum absolute atomic E-state index is 0.897. The van der Waals surface area contributed by atoms with Gasteiger partial charge >= 0.3 is 0 Å². The topological polar surface area (TPSA) is 3.24 Å². The second-order valence-electron chi connectivity index (χ2n) is 4.04. The molecule has 3 rings (SSSR count). The van der Waals surface area contributed by atoms with Gasteiger partial charge in [0.25, 0.3) is 0 Å². The highest BCUT2D eigenvalue weighted by Crippen LogP contribution is 2.29. The van der Waals surface area contributed by atoms with E-state index in [4.69, 9.17) is 0 Å². The van der Waals surface area contributed by atoms with E-state index in [9.17, 15) is 0 Å². The van der Waals surface area contributed by atoms with Crippen molar-refractivity contribution in [2.75, 3.05) is 11.4 Å². The maximum atomic E-state index is 3.40. The summed E-state index contributed by atoms with van der Waals surface area (Å²) in [6, 6.07) is 19.0. The van der Waals surface area contributed by atoms with Crippen LogP contribution in [0.1, 0.15) is 11.1 Å². The van der Waals surface area contributed by atoms with Crippen LogP contribution in [0, 0.1) is 6.42 Å². The summed E-state index contributed by atoms with van der Waals surface area (Å²) in [5.74, 6) is 0. The number of rotatable bonds is 2. The number of hydrogen-bond acceptors (Lipinski definition) is 1. The molecule has 0 bridgehead atoms. The first-order valence-electron chi connectivity index (χ1n) is 5.55. The van der Waals surface area contributed by atoms with Crippen LogP contribution in [0.4, 0.5) is 5.69 Å². The van der Waals surface area contributed by atoms with Crippen LogP contribution in [0.25, 0.3) is 0 Å². The van der Waals surface area contributed by atoms with E-state index in [-0.39, 0.29) is 0 Å². The zero-order valence-electron chi connectivity index (χ0n) is 9.06. The molecular weight excluding hydrogens is 194 g/mol. The Bertz CT molecular complexity index is 476. The van der Waals surface area contributed by atoms with Gasteiger partial charge < -0.3 is 4.90 Å². The normalized spacial score (nSPS) is 13.9. The zero-order valence-corrected chi connectivity index (χ0v) is 9.06. The predicted octanol–water partition coefficient (Wildman–Crippen LogP) is 3.14. The Balaban J connectivity index is 1.84. The van der Waals surface area contributed by atoms with Crippen molar-refractivity contribution in [2.45, 2.75) is 6.54 Å². The van der Waals surface area contributed by atoms with Crippen molar-refractivity contribution in [1.82, 2.24) is 0 Å². The van der Waals surface area contributed by atoms with E-state index in [1.807, 2.05) is 0 Å². The van der Waals surface area contributed by atoms with E-state index in [0.29, 0.717) is 0 Å². The lowest BCUT2D eigenvalue weighted by molar-refractivity contribution is 0.881. The van der Waals surface area contributed by atoms with Gasteiger partial charge in [-0.3, -0.25) is 0 Å². The SMILES string of the molecule is [C]1CN(Cc2ccccc2)c2ccccc21. The fraction of sp³-hybridized carbons (Fsp3) is 0.133. The summed E-state index contributed by atoms with van der Waals surface area (Å²) in [6.07, 6.45) is 3.40. The number of hydrogen-bond donors (Lipinski definition) is 0. The highest BCUT2D eigenvalue weighted by molar-refractivity contribution is 5.62. The molecule has 0 aliphatic carbocycles. The Morgan fingerprint density at radius 2 is 1.69 bits per heavy atom. The molecule has 0 spiro atoms. The third kappa shape index (κ3) is 1.69. The largest absolute Gasteiger partial charge is 0.366 e. The lowest BCUT2D eigenvalue weighted by Crippen LogP contribution is -2.19. The van der Waals surface area contributed by atoms with Gasteiger partial charge in [0.2, 0.25) is 0 Å². The lowest BCUT2D eigenvalue weighted by atomic mass is 10.2. The molecule has 0 fully saturated rings. The van der Waals surface area contributed by atoms with Gasteiger partial charge in [-0.25, -0.2) is 0 Å². The number of anilines is 1. The van der Waals surface area contributed by atoms with E-state index in [0.717, 1.165) is 13.1 Å². The first-order chi connectivity index (χ1) is 7.93. The molecule has 0 unspecified atom stereocenters. The van der Waals surface area contributed by atoms with Gasteiger partial charge in [-0.1, -0.05) is 48.5 Å². The Hall–Kier alpha value is -1.76. The molecule has 1 heteroatoms. The van der Waals surface area contributed by atoms with Crippen LogP contribution in [0.2, 0.25) is 0 Å². The highest BCUT2D eigenvalue weighted by atomic mass is 15.1. The number of para-hydroxylation sites is 1. The van der Waals surface area contributed by atoms with Crippen molar-refractivity contribution in [3.63, 3.8) is 0 Å². The molecule has 78 valence electrons. The van der Waals surface area contributed by atoms with Gasteiger partial charge in [0.1, 0.15) is 0 Å². The third-order valence-electron chi connectivity index (χ3n) is 2.92. The van der Waals surface area contributed by atoms with Crippen LogP contribution in [-0.4, -0.2) is 6.54 Å². The van der Waals surface area contributed by atoms with Crippen molar-refractivity contribution in [3.8, 4) is 0 Å². The summed E-state index contributed by atoms with van der Waals surface area (Å²) in [5, 5.41) is 0. The fourth-order valence-electron chi connectivity index (χ4n) is 2.11. The molecule has 0 amide bonds. The standard InChI is InChI=1S/C15H13N/c1-2-6-13(7-3-1)12-16-11-10-14-8-4-5-9-15(14)16/h1-9H,11-12H2. The highest BCUT2D eigenvalue weighted by Gasteiger charge is 2.18. The number of benzene rings is 2. The fourth-order valence-corrected chi connectivity index (χ4v) is 2.11. The minimum Gasteiger partial charge on any atom is -0.366 e. The van der Waals surface area contributed by atoms with Crippen LogP contribution < -0.4 is 4.90 Å². The van der Waals surface area contributed by atoms with Crippen LogP contribution >= 0.6 is 0 Å². The van der Waals surface area contributed by atoms with E-state index >= 15 is 0 Å². The molecule has 1 heterocycles. The average Bonchev–Trinajstić information content (AvgIpc) is 2.74. The van der Waals surface area contributed by atoms with Crippen molar-refractivity contribution in [2.24, 2.45) is 0 Å².